The number of anilines is 4. The Balaban J connectivity index is 0.000000160. The second-order valence-corrected chi connectivity index (χ2v) is 15.8. The molecule has 0 bridgehead atoms. The fourth-order valence-corrected chi connectivity index (χ4v) is 8.74. The topological polar surface area (TPSA) is 80.8 Å². The first-order valence-corrected chi connectivity index (χ1v) is 19.8. The average molecular weight is 731 g/mol. The fraction of sp³-hybridized carbons (Fsp3) is 0.286. The number of piperazine rings is 2. The number of nitrogens with zero attached hydrogens (tertiary/aromatic N) is 5. The highest BCUT2D eigenvalue weighted by Crippen LogP contribution is 2.46. The molecule has 0 spiro atoms. The molecular formula is C42H46N6O4S. The molecule has 4 aliphatic rings. The van der Waals surface area contributed by atoms with Gasteiger partial charge in [0.1, 0.15) is 0 Å². The van der Waals surface area contributed by atoms with Crippen molar-refractivity contribution >= 4 is 32.8 Å². The number of hydrogen-bond donors (Lipinski definition) is 1. The maximum Gasteiger partial charge on any atom is 0.264 e. The molecule has 4 heterocycles. The summed E-state index contributed by atoms with van der Waals surface area (Å²) in [5.74, 6) is 3.19. The second-order valence-electron chi connectivity index (χ2n) is 14.0. The molecule has 5 aromatic carbocycles. The minimum absolute atomic E-state index is 0.213. The predicted octanol–water partition coefficient (Wildman–Crippen LogP) is 7.10. The molecule has 9 rings (SSSR count). The summed E-state index contributed by atoms with van der Waals surface area (Å²) in [6.45, 7) is 9.07. The monoisotopic (exact) mass is 730 g/mol. The molecule has 5 aromatic rings. The Morgan fingerprint density at radius 2 is 1.04 bits per heavy atom. The Hall–Kier alpha value is -5.23. The predicted molar refractivity (Wildman–Crippen MR) is 212 cm³/mol. The van der Waals surface area contributed by atoms with Gasteiger partial charge in [0.2, 0.25) is 0 Å². The molecule has 274 valence electrons. The number of fused-ring (bicyclic) bond motifs is 4. The van der Waals surface area contributed by atoms with Crippen molar-refractivity contribution in [3.8, 4) is 23.0 Å². The molecule has 11 heteroatoms. The molecule has 0 amide bonds. The summed E-state index contributed by atoms with van der Waals surface area (Å²) >= 11 is 0. The molecule has 10 nitrogen and oxygen atoms in total. The largest absolute Gasteiger partial charge is 0.453 e. The minimum atomic E-state index is -3.75. The summed E-state index contributed by atoms with van der Waals surface area (Å²) in [7, 11) is 0.554. The zero-order valence-electron chi connectivity index (χ0n) is 30.3. The van der Waals surface area contributed by atoms with Crippen LogP contribution in [-0.2, 0) is 23.1 Å². The van der Waals surface area contributed by atoms with Crippen LogP contribution in [0.15, 0.2) is 120 Å². The van der Waals surface area contributed by atoms with E-state index in [2.05, 4.69) is 69.3 Å². The van der Waals surface area contributed by atoms with Crippen molar-refractivity contribution < 1.29 is 17.9 Å². The second kappa shape index (κ2) is 15.0. The summed E-state index contributed by atoms with van der Waals surface area (Å²) in [6.07, 6.45) is 0. The maximum atomic E-state index is 13.6. The van der Waals surface area contributed by atoms with Crippen molar-refractivity contribution in [3.05, 3.63) is 126 Å². The van der Waals surface area contributed by atoms with Gasteiger partial charge in [0.15, 0.2) is 23.0 Å². The number of para-hydroxylation sites is 6. The Labute approximate surface area is 312 Å². The Morgan fingerprint density at radius 3 is 1.70 bits per heavy atom. The van der Waals surface area contributed by atoms with Gasteiger partial charge in [-0.3, -0.25) is 4.31 Å². The lowest BCUT2D eigenvalue weighted by atomic mass is 10.1. The molecule has 1 N–H and O–H groups in total. The van der Waals surface area contributed by atoms with E-state index < -0.39 is 10.0 Å². The molecule has 2 saturated heterocycles. The highest BCUT2D eigenvalue weighted by molar-refractivity contribution is 7.92. The fourth-order valence-electron chi connectivity index (χ4n) is 7.27. The number of likely N-dealkylation sites (N-methyl/N-ethyl adjacent to an activating group) is 2. The van der Waals surface area contributed by atoms with Gasteiger partial charge in [0.25, 0.3) is 10.0 Å². The lowest BCUT2D eigenvalue weighted by Gasteiger charge is -2.35. The number of benzene rings is 5. The first-order chi connectivity index (χ1) is 25.8. The molecule has 0 atom stereocenters. The van der Waals surface area contributed by atoms with E-state index in [-0.39, 0.29) is 11.4 Å². The van der Waals surface area contributed by atoms with E-state index in [1.165, 1.54) is 15.6 Å². The summed E-state index contributed by atoms with van der Waals surface area (Å²) in [6, 6.07) is 36.5. The van der Waals surface area contributed by atoms with Crippen LogP contribution in [0.1, 0.15) is 11.1 Å². The van der Waals surface area contributed by atoms with Crippen molar-refractivity contribution in [2.45, 2.75) is 18.0 Å². The highest BCUT2D eigenvalue weighted by atomic mass is 32.2. The number of ether oxygens (including phenoxy) is 2. The number of sulfonamides is 1. The smallest absolute Gasteiger partial charge is 0.264 e. The molecule has 0 aromatic heterocycles. The van der Waals surface area contributed by atoms with Crippen molar-refractivity contribution in [1.29, 1.82) is 0 Å². The van der Waals surface area contributed by atoms with Gasteiger partial charge < -0.3 is 34.4 Å². The van der Waals surface area contributed by atoms with Crippen LogP contribution in [0.3, 0.4) is 0 Å². The number of hydrogen-bond acceptors (Lipinski definition) is 9. The molecule has 4 aliphatic heterocycles. The summed E-state index contributed by atoms with van der Waals surface area (Å²) in [5, 5.41) is 3.47. The van der Waals surface area contributed by atoms with E-state index in [9.17, 15) is 8.42 Å². The lowest BCUT2D eigenvalue weighted by molar-refractivity contribution is 0.311. The minimum Gasteiger partial charge on any atom is -0.453 e. The van der Waals surface area contributed by atoms with Crippen molar-refractivity contribution in [1.82, 2.24) is 9.80 Å². The third-order valence-electron chi connectivity index (χ3n) is 10.4. The van der Waals surface area contributed by atoms with E-state index in [4.69, 9.17) is 9.47 Å². The van der Waals surface area contributed by atoms with Crippen LogP contribution in [0.2, 0.25) is 0 Å². The first-order valence-electron chi connectivity index (χ1n) is 18.3. The highest BCUT2D eigenvalue weighted by Gasteiger charge is 2.33. The van der Waals surface area contributed by atoms with Crippen LogP contribution >= 0.6 is 0 Å². The van der Waals surface area contributed by atoms with E-state index in [1.54, 1.807) is 30.3 Å². The van der Waals surface area contributed by atoms with Crippen LogP contribution in [0.5, 0.6) is 23.0 Å². The van der Waals surface area contributed by atoms with Gasteiger partial charge in [-0.15, -0.1) is 0 Å². The first kappa shape index (κ1) is 34.8. The van der Waals surface area contributed by atoms with Gasteiger partial charge in [-0.1, -0.05) is 66.7 Å². The SMILES string of the molecule is CN1CCN(c2cccc3c2Oc2ccccc2N(S(=O)(=O)c2ccccc2)C3)CC1.CN1CCN(c2cccc3c2Oc2ccccc2NC3)CC1. The Morgan fingerprint density at radius 1 is 0.528 bits per heavy atom. The summed E-state index contributed by atoms with van der Waals surface area (Å²) < 4.78 is 41.3. The molecule has 0 aliphatic carbocycles. The standard InChI is InChI=1S/C24H25N3O3S.C18H21N3O/c1-25-14-16-26(17-15-25)22-12-7-8-19-18-27(31(28,29)20-9-3-2-4-10-20)21-11-5-6-13-23(21)30-24(19)22;1-20-9-11-21(12-10-20)16-7-4-5-14-13-19-15-6-2-3-8-17(15)22-18(14)16/h2-13H,14-18H2,1H3;2-8,19H,9-13H2,1H3. The zero-order valence-corrected chi connectivity index (χ0v) is 31.1. The quantitative estimate of drug-likeness (QED) is 0.209. The average Bonchev–Trinajstić information content (AvgIpc) is 3.50. The Bertz CT molecular complexity index is 2170. The maximum absolute atomic E-state index is 13.6. The van der Waals surface area contributed by atoms with Crippen molar-refractivity contribution in [3.63, 3.8) is 0 Å². The number of rotatable bonds is 4. The molecule has 53 heavy (non-hydrogen) atoms. The van der Waals surface area contributed by atoms with Gasteiger partial charge in [-0.25, -0.2) is 8.42 Å². The van der Waals surface area contributed by atoms with Crippen LogP contribution in [0.25, 0.3) is 0 Å². The number of nitrogens with one attached hydrogen (secondary N) is 1. The van der Waals surface area contributed by atoms with Crippen LogP contribution in [0, 0.1) is 0 Å². The molecule has 2 fully saturated rings. The van der Waals surface area contributed by atoms with E-state index in [0.717, 1.165) is 93.1 Å². The van der Waals surface area contributed by atoms with Gasteiger partial charge in [0, 0.05) is 70.0 Å². The van der Waals surface area contributed by atoms with Gasteiger partial charge >= 0.3 is 0 Å². The van der Waals surface area contributed by atoms with Crippen LogP contribution in [0.4, 0.5) is 22.7 Å². The molecular weight excluding hydrogens is 685 g/mol. The Kier molecular flexibility index (Phi) is 9.87. The molecule has 0 unspecified atom stereocenters. The third kappa shape index (κ3) is 7.24. The van der Waals surface area contributed by atoms with E-state index in [1.807, 2.05) is 54.6 Å². The summed E-state index contributed by atoms with van der Waals surface area (Å²) in [5.41, 5.74) is 5.90. The van der Waals surface area contributed by atoms with Gasteiger partial charge in [-0.05, 0) is 62.6 Å². The normalized spacial score (nSPS) is 17.2. The van der Waals surface area contributed by atoms with E-state index >= 15 is 0 Å². The molecule has 0 radical (unpaired) electrons. The van der Waals surface area contributed by atoms with E-state index in [0.29, 0.717) is 11.4 Å². The van der Waals surface area contributed by atoms with Gasteiger partial charge in [-0.2, -0.15) is 0 Å². The molecule has 0 saturated carbocycles. The van der Waals surface area contributed by atoms with Crippen LogP contribution < -0.4 is 28.9 Å². The summed E-state index contributed by atoms with van der Waals surface area (Å²) in [4.78, 5) is 9.71. The van der Waals surface area contributed by atoms with Gasteiger partial charge in [0.05, 0.1) is 34.2 Å². The lowest BCUT2D eigenvalue weighted by Crippen LogP contribution is -2.44. The third-order valence-corrected chi connectivity index (χ3v) is 12.2. The zero-order chi connectivity index (χ0) is 36.4. The van der Waals surface area contributed by atoms with Crippen molar-refractivity contribution in [2.24, 2.45) is 0 Å². The van der Waals surface area contributed by atoms with Crippen LogP contribution in [-0.4, -0.2) is 84.7 Å². The van der Waals surface area contributed by atoms with Crippen molar-refractivity contribution in [2.75, 3.05) is 85.9 Å².